The van der Waals surface area contributed by atoms with E-state index in [9.17, 15) is 14.4 Å². The lowest BCUT2D eigenvalue weighted by Gasteiger charge is -2.61. The summed E-state index contributed by atoms with van der Waals surface area (Å²) in [7, 11) is 0. The fourth-order valence-electron chi connectivity index (χ4n) is 7.82. The molecule has 0 radical (unpaired) electrons. The van der Waals surface area contributed by atoms with E-state index in [1.165, 1.54) is 6.92 Å². The van der Waals surface area contributed by atoms with Crippen molar-refractivity contribution in [3.05, 3.63) is 71.8 Å². The Bertz CT molecular complexity index is 1330. The maximum absolute atomic E-state index is 13.5. The Hall–Kier alpha value is -3.23. The molecular formula is C33H38O8. The molecule has 4 aliphatic rings. The van der Waals surface area contributed by atoms with E-state index in [0.717, 1.165) is 12.0 Å². The molecule has 41 heavy (non-hydrogen) atoms. The molecule has 9 atom stereocenters. The summed E-state index contributed by atoms with van der Waals surface area (Å²) in [6.45, 7) is 9.54. The van der Waals surface area contributed by atoms with Crippen LogP contribution in [-0.4, -0.2) is 53.5 Å². The van der Waals surface area contributed by atoms with Crippen molar-refractivity contribution in [2.45, 2.75) is 95.6 Å². The molecule has 2 aliphatic heterocycles. The van der Waals surface area contributed by atoms with Crippen molar-refractivity contribution in [3.63, 3.8) is 0 Å². The smallest absolute Gasteiger partial charge is 0.338 e. The molecule has 2 saturated heterocycles. The molecule has 4 fully saturated rings. The summed E-state index contributed by atoms with van der Waals surface area (Å²) in [5.41, 5.74) is -0.899. The second kappa shape index (κ2) is 9.95. The van der Waals surface area contributed by atoms with Crippen LogP contribution in [0.5, 0.6) is 0 Å². The summed E-state index contributed by atoms with van der Waals surface area (Å²) in [5, 5.41) is 0. The number of ether oxygens (including phenoxy) is 5. The van der Waals surface area contributed by atoms with Crippen molar-refractivity contribution in [2.24, 2.45) is 17.3 Å². The number of fused-ring (bicyclic) bond motifs is 1. The van der Waals surface area contributed by atoms with Gasteiger partial charge in [-0.25, -0.2) is 9.59 Å². The summed E-state index contributed by atoms with van der Waals surface area (Å²) in [6.07, 6.45) is -1.65. The van der Waals surface area contributed by atoms with Crippen molar-refractivity contribution in [2.75, 3.05) is 0 Å². The Morgan fingerprint density at radius 2 is 1.54 bits per heavy atom. The van der Waals surface area contributed by atoms with E-state index in [0.29, 0.717) is 18.4 Å². The zero-order valence-electron chi connectivity index (χ0n) is 24.2. The number of hydrogen-bond acceptors (Lipinski definition) is 8. The van der Waals surface area contributed by atoms with Gasteiger partial charge in [0.2, 0.25) is 0 Å². The lowest BCUT2D eigenvalue weighted by molar-refractivity contribution is -0.282. The van der Waals surface area contributed by atoms with E-state index in [2.05, 4.69) is 20.8 Å². The van der Waals surface area contributed by atoms with Crippen LogP contribution in [0.1, 0.15) is 75.9 Å². The van der Waals surface area contributed by atoms with Crippen LogP contribution in [0.4, 0.5) is 0 Å². The van der Waals surface area contributed by atoms with E-state index in [4.69, 9.17) is 23.7 Å². The Morgan fingerprint density at radius 1 is 0.878 bits per heavy atom. The predicted octanol–water partition coefficient (Wildman–Crippen LogP) is 5.20. The van der Waals surface area contributed by atoms with Gasteiger partial charge in [0.05, 0.1) is 22.2 Å². The predicted molar refractivity (Wildman–Crippen MR) is 148 cm³/mol. The topological polar surface area (TPSA) is 101 Å². The molecule has 2 bridgehead atoms. The molecule has 8 nitrogen and oxygen atoms in total. The summed E-state index contributed by atoms with van der Waals surface area (Å²) < 4.78 is 31.2. The normalized spacial score (nSPS) is 38.3. The van der Waals surface area contributed by atoms with Crippen LogP contribution in [0.15, 0.2) is 60.7 Å². The molecule has 2 aromatic carbocycles. The Morgan fingerprint density at radius 3 is 2.20 bits per heavy atom. The molecule has 218 valence electrons. The first-order valence-corrected chi connectivity index (χ1v) is 14.5. The highest BCUT2D eigenvalue weighted by molar-refractivity contribution is 5.89. The van der Waals surface area contributed by atoms with Crippen LogP contribution in [0.2, 0.25) is 0 Å². The van der Waals surface area contributed by atoms with Gasteiger partial charge in [0.1, 0.15) is 18.3 Å². The SMILES string of the molecule is CC(=O)O[C@H]1[C@@H](OC(=O)c2ccccc2)C[C@@H](C)[C@@]23C[C@@H](C[C@H](OC(=O)[C@H]4O[C@@H]4c4ccccc4)[C@]12C)C(C)(C)O3. The summed E-state index contributed by atoms with van der Waals surface area (Å²) in [6, 6.07) is 18.3. The van der Waals surface area contributed by atoms with E-state index in [1.54, 1.807) is 24.3 Å². The van der Waals surface area contributed by atoms with E-state index in [1.807, 2.05) is 43.3 Å². The monoisotopic (exact) mass is 562 g/mol. The molecule has 0 aromatic heterocycles. The average Bonchev–Trinajstić information content (AvgIpc) is 3.70. The fraction of sp³-hybridized carbons (Fsp3) is 0.545. The van der Waals surface area contributed by atoms with Crippen molar-refractivity contribution in [1.29, 1.82) is 0 Å². The standard InChI is InChI=1S/C33H38O8/c1-19-16-24(38-29(35)22-14-10-7-11-15-22)28(37-20(2)34)32(5)25(17-23-18-33(19,32)41-31(23,3)4)39-30(36)27-26(40-27)21-12-8-6-9-13-21/h6-15,19,23-28H,16-18H2,1-5H3/t19-,23-,24+,25+,26-,27+,28+,32-,33+/m1/s1. The minimum absolute atomic E-state index is 0.0760. The van der Waals surface area contributed by atoms with Gasteiger partial charge in [0, 0.05) is 6.92 Å². The van der Waals surface area contributed by atoms with Crippen LogP contribution in [0.25, 0.3) is 0 Å². The van der Waals surface area contributed by atoms with Gasteiger partial charge in [-0.1, -0.05) is 55.5 Å². The molecule has 0 unspecified atom stereocenters. The van der Waals surface area contributed by atoms with Gasteiger partial charge >= 0.3 is 17.9 Å². The molecule has 2 saturated carbocycles. The number of epoxide rings is 1. The van der Waals surface area contributed by atoms with E-state index >= 15 is 0 Å². The van der Waals surface area contributed by atoms with Crippen LogP contribution >= 0.6 is 0 Å². The number of carbonyl (C=O) groups is 3. The second-order valence-corrected chi connectivity index (χ2v) is 12.8. The van der Waals surface area contributed by atoms with Gasteiger partial charge in [0.15, 0.2) is 12.2 Å². The highest BCUT2D eigenvalue weighted by atomic mass is 16.6. The third-order valence-corrected chi connectivity index (χ3v) is 10.0. The number of rotatable bonds is 6. The fourth-order valence-corrected chi connectivity index (χ4v) is 7.82. The molecule has 2 aliphatic carbocycles. The summed E-state index contributed by atoms with van der Waals surface area (Å²) in [5.74, 6) is -1.39. The number of benzene rings is 2. The van der Waals surface area contributed by atoms with Gasteiger partial charge in [-0.2, -0.15) is 0 Å². The molecule has 1 spiro atoms. The Labute approximate surface area is 240 Å². The van der Waals surface area contributed by atoms with Crippen molar-refractivity contribution >= 4 is 17.9 Å². The van der Waals surface area contributed by atoms with E-state index < -0.39 is 58.9 Å². The van der Waals surface area contributed by atoms with Crippen LogP contribution in [-0.2, 0) is 33.3 Å². The third kappa shape index (κ3) is 4.56. The molecule has 2 aromatic rings. The second-order valence-electron chi connectivity index (χ2n) is 12.8. The highest BCUT2D eigenvalue weighted by Crippen LogP contribution is 2.67. The zero-order valence-corrected chi connectivity index (χ0v) is 24.2. The minimum Gasteiger partial charge on any atom is -0.460 e. The van der Waals surface area contributed by atoms with Crippen molar-refractivity contribution in [1.82, 2.24) is 0 Å². The zero-order chi connectivity index (χ0) is 29.2. The Balaban J connectivity index is 1.34. The van der Waals surface area contributed by atoms with Crippen LogP contribution in [0.3, 0.4) is 0 Å². The average molecular weight is 563 g/mol. The van der Waals surface area contributed by atoms with Crippen molar-refractivity contribution in [3.8, 4) is 0 Å². The highest BCUT2D eigenvalue weighted by Gasteiger charge is 2.75. The quantitative estimate of drug-likeness (QED) is 0.269. The van der Waals surface area contributed by atoms with Gasteiger partial charge in [-0.05, 0) is 69.6 Å². The minimum atomic E-state index is -0.991. The molecule has 0 N–H and O–H groups in total. The summed E-state index contributed by atoms with van der Waals surface area (Å²) >= 11 is 0. The first-order valence-electron chi connectivity index (χ1n) is 14.5. The first-order chi connectivity index (χ1) is 19.5. The van der Waals surface area contributed by atoms with Gasteiger partial charge < -0.3 is 23.7 Å². The van der Waals surface area contributed by atoms with Gasteiger partial charge in [0.25, 0.3) is 0 Å². The summed E-state index contributed by atoms with van der Waals surface area (Å²) in [4.78, 5) is 39.3. The van der Waals surface area contributed by atoms with Gasteiger partial charge in [-0.3, -0.25) is 4.79 Å². The van der Waals surface area contributed by atoms with Crippen LogP contribution < -0.4 is 0 Å². The lowest BCUT2D eigenvalue weighted by atomic mass is 9.49. The molecule has 8 heteroatoms. The van der Waals surface area contributed by atoms with Crippen LogP contribution in [0, 0.1) is 17.3 Å². The number of hydrogen-bond donors (Lipinski definition) is 0. The lowest BCUT2D eigenvalue weighted by Crippen LogP contribution is -2.71. The molecule has 0 amide bonds. The largest absolute Gasteiger partial charge is 0.460 e. The Kier molecular flexibility index (Phi) is 6.77. The maximum Gasteiger partial charge on any atom is 0.338 e. The third-order valence-electron chi connectivity index (χ3n) is 10.0. The molecule has 6 rings (SSSR count). The van der Waals surface area contributed by atoms with Gasteiger partial charge in [-0.15, -0.1) is 0 Å². The molecular weight excluding hydrogens is 524 g/mol. The van der Waals surface area contributed by atoms with E-state index in [-0.39, 0.29) is 17.9 Å². The number of esters is 3. The van der Waals surface area contributed by atoms with Crippen molar-refractivity contribution < 1.29 is 38.1 Å². The number of carbonyl (C=O) groups excluding carboxylic acids is 3. The molecule has 2 heterocycles. The first kappa shape index (κ1) is 27.9. The maximum atomic E-state index is 13.5.